The van der Waals surface area contributed by atoms with E-state index in [9.17, 15) is 9.59 Å². The van der Waals surface area contributed by atoms with E-state index in [1.807, 2.05) is 0 Å². The molecule has 0 unspecified atom stereocenters. The predicted octanol–water partition coefficient (Wildman–Crippen LogP) is -0.0901. The Hall–Kier alpha value is -1.95. The summed E-state index contributed by atoms with van der Waals surface area (Å²) in [5, 5.41) is 5.90. The molecule has 1 aromatic rings. The van der Waals surface area contributed by atoms with E-state index in [0.29, 0.717) is 6.54 Å². The van der Waals surface area contributed by atoms with E-state index in [-0.39, 0.29) is 17.2 Å². The molecule has 6 heteroatoms. The molecular weight excluding hydrogens is 232 g/mol. The topological polar surface area (TPSA) is 97.1 Å². The summed E-state index contributed by atoms with van der Waals surface area (Å²) in [6.07, 6.45) is 2.36. The largest absolute Gasteiger partial charge is 0.366 e. The zero-order valence-corrected chi connectivity index (χ0v) is 10.4. The summed E-state index contributed by atoms with van der Waals surface area (Å²) in [6.45, 7) is 4.27. The van der Waals surface area contributed by atoms with Crippen molar-refractivity contribution >= 4 is 11.8 Å². The summed E-state index contributed by atoms with van der Waals surface area (Å²) in [6, 6.07) is 2.97. The third-order valence-corrected chi connectivity index (χ3v) is 2.29. The predicted molar refractivity (Wildman–Crippen MR) is 68.2 cm³/mol. The monoisotopic (exact) mass is 250 g/mol. The minimum absolute atomic E-state index is 0.260. The van der Waals surface area contributed by atoms with Gasteiger partial charge < -0.3 is 16.4 Å². The fourth-order valence-corrected chi connectivity index (χ4v) is 1.33. The number of amides is 2. The standard InChI is InChI=1S/C12H18N4O2/c1-2-5-14-6-7-15-12(18)10-4-3-9(8-16-10)11(13)17/h3-4,8,14H,2,5-7H2,1H3,(H2,13,17)(H,15,18). The highest BCUT2D eigenvalue weighted by molar-refractivity contribution is 5.95. The molecule has 0 aliphatic heterocycles. The third-order valence-electron chi connectivity index (χ3n) is 2.29. The number of carbonyl (C=O) groups excluding carboxylic acids is 2. The molecule has 0 saturated heterocycles. The molecule has 1 aromatic heterocycles. The number of nitrogens with two attached hydrogens (primary N) is 1. The molecule has 1 rings (SSSR count). The van der Waals surface area contributed by atoms with Crippen LogP contribution in [0, 0.1) is 0 Å². The van der Waals surface area contributed by atoms with Crippen molar-refractivity contribution in [1.82, 2.24) is 15.6 Å². The fourth-order valence-electron chi connectivity index (χ4n) is 1.33. The van der Waals surface area contributed by atoms with Gasteiger partial charge in [0.15, 0.2) is 0 Å². The molecule has 18 heavy (non-hydrogen) atoms. The van der Waals surface area contributed by atoms with Gasteiger partial charge in [0, 0.05) is 19.3 Å². The van der Waals surface area contributed by atoms with Gasteiger partial charge in [-0.15, -0.1) is 0 Å². The highest BCUT2D eigenvalue weighted by Gasteiger charge is 2.07. The van der Waals surface area contributed by atoms with Gasteiger partial charge in [-0.3, -0.25) is 14.6 Å². The number of rotatable bonds is 7. The zero-order valence-electron chi connectivity index (χ0n) is 10.4. The van der Waals surface area contributed by atoms with Crippen LogP contribution >= 0.6 is 0 Å². The first-order valence-corrected chi connectivity index (χ1v) is 5.90. The summed E-state index contributed by atoms with van der Waals surface area (Å²) in [5.74, 6) is -0.817. The van der Waals surface area contributed by atoms with Crippen LogP contribution in [-0.4, -0.2) is 36.4 Å². The van der Waals surface area contributed by atoms with Crippen molar-refractivity contribution in [2.45, 2.75) is 13.3 Å². The molecule has 0 atom stereocenters. The second-order valence-electron chi connectivity index (χ2n) is 3.80. The van der Waals surface area contributed by atoms with Crippen molar-refractivity contribution in [2.75, 3.05) is 19.6 Å². The first-order chi connectivity index (χ1) is 8.65. The number of nitrogens with one attached hydrogen (secondary N) is 2. The van der Waals surface area contributed by atoms with Crippen LogP contribution in [0.3, 0.4) is 0 Å². The van der Waals surface area contributed by atoms with Gasteiger partial charge >= 0.3 is 0 Å². The molecule has 2 amide bonds. The van der Waals surface area contributed by atoms with Gasteiger partial charge in [-0.1, -0.05) is 6.92 Å². The number of primary amides is 1. The van der Waals surface area contributed by atoms with Gasteiger partial charge in [-0.2, -0.15) is 0 Å². The summed E-state index contributed by atoms with van der Waals surface area (Å²) < 4.78 is 0. The van der Waals surface area contributed by atoms with Gasteiger partial charge in [0.25, 0.3) is 5.91 Å². The quantitative estimate of drug-likeness (QED) is 0.589. The molecule has 4 N–H and O–H groups in total. The lowest BCUT2D eigenvalue weighted by Gasteiger charge is -2.05. The summed E-state index contributed by atoms with van der Waals surface area (Å²) in [7, 11) is 0. The van der Waals surface area contributed by atoms with Crippen molar-refractivity contribution in [2.24, 2.45) is 5.73 Å². The number of carbonyl (C=O) groups is 2. The van der Waals surface area contributed by atoms with Crippen LogP contribution in [0.5, 0.6) is 0 Å². The number of pyridine rings is 1. The number of nitrogens with zero attached hydrogens (tertiary/aromatic N) is 1. The Bertz CT molecular complexity index is 403. The molecule has 0 aliphatic carbocycles. The van der Waals surface area contributed by atoms with Crippen LogP contribution in [0.1, 0.15) is 34.2 Å². The molecule has 98 valence electrons. The van der Waals surface area contributed by atoms with Crippen LogP contribution in [0.25, 0.3) is 0 Å². The van der Waals surface area contributed by atoms with Crippen LogP contribution in [0.4, 0.5) is 0 Å². The van der Waals surface area contributed by atoms with Crippen LogP contribution in [0.15, 0.2) is 18.3 Å². The lowest BCUT2D eigenvalue weighted by Crippen LogP contribution is -2.32. The number of hydrogen-bond donors (Lipinski definition) is 3. The Kier molecular flexibility index (Phi) is 5.79. The van der Waals surface area contributed by atoms with Gasteiger partial charge in [0.05, 0.1) is 5.56 Å². The number of hydrogen-bond acceptors (Lipinski definition) is 4. The lowest BCUT2D eigenvalue weighted by molar-refractivity contribution is 0.0946. The molecule has 0 fully saturated rings. The van der Waals surface area contributed by atoms with Gasteiger partial charge in [0.2, 0.25) is 5.91 Å². The maximum atomic E-state index is 11.6. The molecule has 0 aliphatic rings. The average molecular weight is 250 g/mol. The Morgan fingerprint density at radius 2 is 2.06 bits per heavy atom. The molecule has 0 spiro atoms. The van der Waals surface area contributed by atoms with Crippen molar-refractivity contribution in [1.29, 1.82) is 0 Å². The fraction of sp³-hybridized carbons (Fsp3) is 0.417. The molecular formula is C12H18N4O2. The van der Waals surface area contributed by atoms with Crippen LogP contribution in [0.2, 0.25) is 0 Å². The minimum atomic E-state index is -0.557. The summed E-state index contributed by atoms with van der Waals surface area (Å²) >= 11 is 0. The van der Waals surface area contributed by atoms with E-state index in [4.69, 9.17) is 5.73 Å². The van der Waals surface area contributed by atoms with E-state index in [1.54, 1.807) is 0 Å². The summed E-state index contributed by atoms with van der Waals surface area (Å²) in [5.41, 5.74) is 5.64. The normalized spacial score (nSPS) is 10.1. The maximum absolute atomic E-state index is 11.6. The Morgan fingerprint density at radius 3 is 2.61 bits per heavy atom. The summed E-state index contributed by atoms with van der Waals surface area (Å²) in [4.78, 5) is 26.4. The highest BCUT2D eigenvalue weighted by Crippen LogP contribution is 1.99. The van der Waals surface area contributed by atoms with E-state index in [1.165, 1.54) is 18.3 Å². The van der Waals surface area contributed by atoms with Crippen molar-refractivity contribution in [3.63, 3.8) is 0 Å². The van der Waals surface area contributed by atoms with Crippen LogP contribution < -0.4 is 16.4 Å². The number of aromatic nitrogens is 1. The molecule has 1 heterocycles. The minimum Gasteiger partial charge on any atom is -0.366 e. The Labute approximate surface area is 106 Å². The van der Waals surface area contributed by atoms with E-state index in [2.05, 4.69) is 22.5 Å². The van der Waals surface area contributed by atoms with Gasteiger partial charge in [0.1, 0.15) is 5.69 Å². The second kappa shape index (κ2) is 7.39. The molecule has 0 aromatic carbocycles. The molecule has 0 bridgehead atoms. The third kappa shape index (κ3) is 4.50. The lowest BCUT2D eigenvalue weighted by atomic mass is 10.2. The van der Waals surface area contributed by atoms with Crippen molar-refractivity contribution in [3.8, 4) is 0 Å². The van der Waals surface area contributed by atoms with Crippen molar-refractivity contribution < 1.29 is 9.59 Å². The van der Waals surface area contributed by atoms with E-state index >= 15 is 0 Å². The Morgan fingerprint density at radius 1 is 1.28 bits per heavy atom. The Balaban J connectivity index is 2.39. The van der Waals surface area contributed by atoms with Crippen LogP contribution in [-0.2, 0) is 0 Å². The molecule has 0 radical (unpaired) electrons. The van der Waals surface area contributed by atoms with Crippen molar-refractivity contribution in [3.05, 3.63) is 29.6 Å². The molecule has 0 saturated carbocycles. The zero-order chi connectivity index (χ0) is 13.4. The van der Waals surface area contributed by atoms with E-state index in [0.717, 1.165) is 19.5 Å². The SMILES string of the molecule is CCCNCCNC(=O)c1ccc(C(N)=O)cn1. The smallest absolute Gasteiger partial charge is 0.269 e. The van der Waals surface area contributed by atoms with Gasteiger partial charge in [-0.25, -0.2) is 0 Å². The van der Waals surface area contributed by atoms with E-state index < -0.39 is 5.91 Å². The second-order valence-corrected chi connectivity index (χ2v) is 3.80. The highest BCUT2D eigenvalue weighted by atomic mass is 16.2. The first kappa shape index (κ1) is 14.1. The average Bonchev–Trinajstić information content (AvgIpc) is 2.38. The molecule has 6 nitrogen and oxygen atoms in total. The maximum Gasteiger partial charge on any atom is 0.269 e. The first-order valence-electron chi connectivity index (χ1n) is 5.90. The van der Waals surface area contributed by atoms with Gasteiger partial charge in [-0.05, 0) is 25.1 Å².